The van der Waals surface area contributed by atoms with Gasteiger partial charge in [-0.15, -0.1) is 0 Å². The molecule has 1 saturated heterocycles. The third kappa shape index (κ3) is 2.20. The van der Waals surface area contributed by atoms with Crippen LogP contribution in [0, 0.1) is 6.92 Å². The lowest BCUT2D eigenvalue weighted by atomic mass is 10.1. The van der Waals surface area contributed by atoms with E-state index in [9.17, 15) is 4.79 Å². The number of carbonyl (C=O) groups is 1. The molecular weight excluding hydrogens is 186 g/mol. The van der Waals surface area contributed by atoms with E-state index >= 15 is 0 Å². The molecule has 1 aromatic rings. The normalized spacial score (nSPS) is 16.5. The van der Waals surface area contributed by atoms with Crippen molar-refractivity contribution in [2.75, 3.05) is 13.1 Å². The molecule has 1 fully saturated rings. The zero-order chi connectivity index (χ0) is 10.7. The quantitative estimate of drug-likeness (QED) is 0.687. The van der Waals surface area contributed by atoms with Gasteiger partial charge in [0, 0.05) is 18.7 Å². The summed E-state index contributed by atoms with van der Waals surface area (Å²) in [4.78, 5) is 14.1. The monoisotopic (exact) mass is 203 g/mol. The highest BCUT2D eigenvalue weighted by Gasteiger charge is 2.18. The van der Waals surface area contributed by atoms with Gasteiger partial charge in [-0.25, -0.2) is 0 Å². The van der Waals surface area contributed by atoms with E-state index in [-0.39, 0.29) is 5.91 Å². The van der Waals surface area contributed by atoms with E-state index in [1.54, 1.807) is 0 Å². The summed E-state index contributed by atoms with van der Waals surface area (Å²) < 4.78 is 0. The van der Waals surface area contributed by atoms with Crippen LogP contribution in [0.4, 0.5) is 0 Å². The molecule has 80 valence electrons. The fourth-order valence-electron chi connectivity index (χ4n) is 2.08. The van der Waals surface area contributed by atoms with E-state index in [0.29, 0.717) is 0 Å². The van der Waals surface area contributed by atoms with E-state index in [4.69, 9.17) is 0 Å². The number of aryl methyl sites for hydroxylation is 1. The minimum atomic E-state index is 0.202. The highest BCUT2D eigenvalue weighted by molar-refractivity contribution is 5.95. The first-order valence-electron chi connectivity index (χ1n) is 5.64. The fourth-order valence-corrected chi connectivity index (χ4v) is 2.08. The lowest BCUT2D eigenvalue weighted by Gasteiger charge is -2.27. The Morgan fingerprint density at radius 2 is 1.80 bits per heavy atom. The number of hydrogen-bond acceptors (Lipinski definition) is 1. The van der Waals surface area contributed by atoms with Crippen LogP contribution in [0.2, 0.25) is 0 Å². The molecule has 2 heteroatoms. The van der Waals surface area contributed by atoms with Crippen LogP contribution in [0.25, 0.3) is 0 Å². The molecule has 0 aromatic heterocycles. The molecule has 0 bridgehead atoms. The molecule has 2 rings (SSSR count). The van der Waals surface area contributed by atoms with E-state index in [0.717, 1.165) is 37.1 Å². The van der Waals surface area contributed by atoms with Gasteiger partial charge in [-0.2, -0.15) is 0 Å². The van der Waals surface area contributed by atoms with Crippen LogP contribution < -0.4 is 0 Å². The number of hydrogen-bond donors (Lipinski definition) is 0. The first kappa shape index (κ1) is 10.2. The molecule has 0 N–H and O–H groups in total. The number of piperidine rings is 1. The summed E-state index contributed by atoms with van der Waals surface area (Å²) in [6.07, 6.45) is 3.56. The van der Waals surface area contributed by atoms with Crippen LogP contribution in [0.3, 0.4) is 0 Å². The zero-order valence-corrected chi connectivity index (χ0v) is 9.20. The number of amides is 1. The van der Waals surface area contributed by atoms with Crippen molar-refractivity contribution in [3.63, 3.8) is 0 Å². The highest BCUT2D eigenvalue weighted by atomic mass is 16.2. The third-order valence-electron chi connectivity index (χ3n) is 3.02. The average Bonchev–Trinajstić information content (AvgIpc) is 2.30. The molecule has 0 unspecified atom stereocenters. The van der Waals surface area contributed by atoms with Gasteiger partial charge in [-0.3, -0.25) is 4.79 Å². The number of likely N-dealkylation sites (tertiary alicyclic amines) is 1. The summed E-state index contributed by atoms with van der Waals surface area (Å²) in [6.45, 7) is 3.84. The van der Waals surface area contributed by atoms with Gasteiger partial charge in [0.25, 0.3) is 5.91 Å². The zero-order valence-electron chi connectivity index (χ0n) is 9.20. The molecule has 0 atom stereocenters. The van der Waals surface area contributed by atoms with Gasteiger partial charge in [-0.05, 0) is 37.8 Å². The fraction of sp³-hybridized carbons (Fsp3) is 0.462. The van der Waals surface area contributed by atoms with Crippen LogP contribution in [0.1, 0.15) is 35.2 Å². The van der Waals surface area contributed by atoms with Crippen molar-refractivity contribution >= 4 is 5.91 Å². The standard InChI is InChI=1S/C13H17NO/c1-11-7-3-4-8-12(11)13(15)14-9-5-2-6-10-14/h3-4,7-8H,2,5-6,9-10H2,1H3. The molecule has 0 saturated carbocycles. The summed E-state index contributed by atoms with van der Waals surface area (Å²) in [5.74, 6) is 0.202. The molecule has 1 aliphatic rings. The first-order chi connectivity index (χ1) is 7.29. The van der Waals surface area contributed by atoms with E-state index in [1.807, 2.05) is 36.1 Å². The van der Waals surface area contributed by atoms with Gasteiger partial charge in [0.2, 0.25) is 0 Å². The molecule has 0 spiro atoms. The Labute approximate surface area is 90.9 Å². The number of nitrogens with zero attached hydrogens (tertiary/aromatic N) is 1. The van der Waals surface area contributed by atoms with Crippen molar-refractivity contribution in [3.8, 4) is 0 Å². The lowest BCUT2D eigenvalue weighted by molar-refractivity contribution is 0.0723. The Kier molecular flexibility index (Phi) is 3.05. The van der Waals surface area contributed by atoms with Gasteiger partial charge in [0.05, 0.1) is 0 Å². The average molecular weight is 203 g/mol. The SMILES string of the molecule is Cc1ccccc1C(=O)N1CCCCC1. The molecule has 1 heterocycles. The largest absolute Gasteiger partial charge is 0.339 e. The molecule has 0 radical (unpaired) electrons. The number of carbonyl (C=O) groups excluding carboxylic acids is 1. The number of benzene rings is 1. The minimum Gasteiger partial charge on any atom is -0.339 e. The molecule has 1 aliphatic heterocycles. The van der Waals surface area contributed by atoms with Crippen LogP contribution in [0.5, 0.6) is 0 Å². The van der Waals surface area contributed by atoms with Crippen molar-refractivity contribution in [1.82, 2.24) is 4.90 Å². The molecule has 1 aromatic carbocycles. The van der Waals surface area contributed by atoms with Gasteiger partial charge >= 0.3 is 0 Å². The highest BCUT2D eigenvalue weighted by Crippen LogP contribution is 2.15. The van der Waals surface area contributed by atoms with Crippen molar-refractivity contribution in [1.29, 1.82) is 0 Å². The van der Waals surface area contributed by atoms with Gasteiger partial charge < -0.3 is 4.90 Å². The van der Waals surface area contributed by atoms with Crippen molar-refractivity contribution in [3.05, 3.63) is 35.4 Å². The second-order valence-corrected chi connectivity index (χ2v) is 4.17. The Morgan fingerprint density at radius 1 is 1.13 bits per heavy atom. The maximum atomic E-state index is 12.1. The maximum Gasteiger partial charge on any atom is 0.254 e. The van der Waals surface area contributed by atoms with Crippen molar-refractivity contribution in [2.45, 2.75) is 26.2 Å². The minimum absolute atomic E-state index is 0.202. The predicted octanol–water partition coefficient (Wildman–Crippen LogP) is 2.62. The van der Waals surface area contributed by atoms with Crippen molar-refractivity contribution < 1.29 is 4.79 Å². The summed E-state index contributed by atoms with van der Waals surface area (Å²) in [6, 6.07) is 7.83. The first-order valence-corrected chi connectivity index (χ1v) is 5.64. The summed E-state index contributed by atoms with van der Waals surface area (Å²) >= 11 is 0. The third-order valence-corrected chi connectivity index (χ3v) is 3.02. The van der Waals surface area contributed by atoms with Crippen LogP contribution in [-0.2, 0) is 0 Å². The molecule has 2 nitrogen and oxygen atoms in total. The van der Waals surface area contributed by atoms with Gasteiger partial charge in [0.1, 0.15) is 0 Å². The smallest absolute Gasteiger partial charge is 0.254 e. The van der Waals surface area contributed by atoms with Crippen LogP contribution in [0.15, 0.2) is 24.3 Å². The topological polar surface area (TPSA) is 20.3 Å². The Hall–Kier alpha value is -1.31. The van der Waals surface area contributed by atoms with E-state index < -0.39 is 0 Å². The van der Waals surface area contributed by atoms with E-state index in [1.165, 1.54) is 6.42 Å². The van der Waals surface area contributed by atoms with E-state index in [2.05, 4.69) is 0 Å². The molecule has 15 heavy (non-hydrogen) atoms. The van der Waals surface area contributed by atoms with Gasteiger partial charge in [0.15, 0.2) is 0 Å². The lowest BCUT2D eigenvalue weighted by Crippen LogP contribution is -2.35. The summed E-state index contributed by atoms with van der Waals surface area (Å²) in [5.41, 5.74) is 1.94. The number of rotatable bonds is 1. The second kappa shape index (κ2) is 4.47. The molecular formula is C13H17NO. The summed E-state index contributed by atoms with van der Waals surface area (Å²) in [7, 11) is 0. The Balaban J connectivity index is 2.16. The predicted molar refractivity (Wildman–Crippen MR) is 60.9 cm³/mol. The molecule has 0 aliphatic carbocycles. The van der Waals surface area contributed by atoms with Crippen LogP contribution >= 0.6 is 0 Å². The second-order valence-electron chi connectivity index (χ2n) is 4.17. The maximum absolute atomic E-state index is 12.1. The van der Waals surface area contributed by atoms with Crippen LogP contribution in [-0.4, -0.2) is 23.9 Å². The Bertz CT molecular complexity index is 353. The van der Waals surface area contributed by atoms with Gasteiger partial charge in [-0.1, -0.05) is 18.2 Å². The van der Waals surface area contributed by atoms with Crippen molar-refractivity contribution in [2.24, 2.45) is 0 Å². The molecule has 1 amide bonds. The Morgan fingerprint density at radius 3 is 2.47 bits per heavy atom. The summed E-state index contributed by atoms with van der Waals surface area (Å²) in [5, 5.41) is 0.